The van der Waals surface area contributed by atoms with Gasteiger partial charge in [0.2, 0.25) is 7.37 Å². The molecule has 2 nitrogen and oxygen atoms in total. The molecule has 270 valence electrons. The highest BCUT2D eigenvalue weighted by Gasteiger charge is 2.34. The second-order valence-electron chi connectivity index (χ2n) is 17.1. The summed E-state index contributed by atoms with van der Waals surface area (Å²) in [5.41, 5.74) is 10.7. The Morgan fingerprint density at radius 1 is 0.585 bits per heavy atom. The van der Waals surface area contributed by atoms with E-state index in [9.17, 15) is 9.46 Å². The molecule has 6 aromatic carbocycles. The van der Waals surface area contributed by atoms with E-state index in [1.165, 1.54) is 65.3 Å². The van der Waals surface area contributed by atoms with Crippen LogP contribution in [0.15, 0.2) is 109 Å². The van der Waals surface area contributed by atoms with Gasteiger partial charge in [-0.05, 0) is 88.0 Å². The van der Waals surface area contributed by atoms with E-state index in [-0.39, 0.29) is 23.2 Å². The molecule has 0 spiro atoms. The minimum atomic E-state index is -3.59. The molecular formula is C48H53O2PSi2. The Morgan fingerprint density at radius 3 is 1.28 bits per heavy atom. The molecule has 5 heteroatoms. The van der Waals surface area contributed by atoms with Crippen molar-refractivity contribution in [1.82, 2.24) is 0 Å². The first-order chi connectivity index (χ1) is 25.2. The van der Waals surface area contributed by atoms with E-state index in [0.717, 1.165) is 24.0 Å². The molecule has 2 unspecified atom stereocenters. The van der Waals surface area contributed by atoms with E-state index in [1.54, 1.807) is 0 Å². The summed E-state index contributed by atoms with van der Waals surface area (Å²) in [6.45, 7) is 18.1. The summed E-state index contributed by atoms with van der Waals surface area (Å²) in [7, 11) is -2.62. The molecule has 1 aliphatic heterocycles. The number of hydrogen-bond donors (Lipinski definition) is 1. The van der Waals surface area contributed by atoms with Crippen LogP contribution < -0.4 is 10.4 Å². The zero-order valence-electron chi connectivity index (χ0n) is 32.7. The number of rotatable bonds is 8. The predicted molar refractivity (Wildman–Crippen MR) is 231 cm³/mol. The summed E-state index contributed by atoms with van der Waals surface area (Å²) in [6, 6.07) is 40.5. The van der Waals surface area contributed by atoms with E-state index in [2.05, 4.69) is 165 Å². The predicted octanol–water partition coefficient (Wildman–Crippen LogP) is 11.5. The van der Waals surface area contributed by atoms with Crippen LogP contribution in [-0.4, -0.2) is 23.9 Å². The molecule has 4 radical (unpaired) electrons. The van der Waals surface area contributed by atoms with E-state index in [4.69, 9.17) is 0 Å². The maximum Gasteiger partial charge on any atom is 0.209 e. The van der Waals surface area contributed by atoms with Crippen LogP contribution in [0, 0.1) is 0 Å². The van der Waals surface area contributed by atoms with Crippen LogP contribution in [0.25, 0.3) is 32.7 Å². The quantitative estimate of drug-likeness (QED) is 0.124. The van der Waals surface area contributed by atoms with Crippen molar-refractivity contribution in [2.24, 2.45) is 0 Å². The van der Waals surface area contributed by atoms with Gasteiger partial charge in [-0.3, -0.25) is 4.57 Å². The van der Waals surface area contributed by atoms with E-state index in [0.29, 0.717) is 30.1 Å². The third kappa shape index (κ3) is 7.71. The summed E-state index contributed by atoms with van der Waals surface area (Å²) in [5.74, 6) is 0. The average molecular weight is 749 g/mol. The number of benzene rings is 6. The molecule has 0 saturated heterocycles. The topological polar surface area (TPSA) is 37.3 Å². The molecule has 1 aliphatic rings. The van der Waals surface area contributed by atoms with Crippen molar-refractivity contribution in [3.05, 3.63) is 143 Å². The molecule has 0 aromatic heterocycles. The molecule has 7 rings (SSSR count). The molecule has 0 amide bonds. The lowest BCUT2D eigenvalue weighted by molar-refractivity contribution is 0.476. The average Bonchev–Trinajstić information content (AvgIpc) is 3.25. The van der Waals surface area contributed by atoms with E-state index >= 15 is 0 Å². The number of hydrogen-bond acceptors (Lipinski definition) is 1. The molecule has 0 saturated carbocycles. The Kier molecular flexibility index (Phi) is 10.4. The third-order valence-corrected chi connectivity index (χ3v) is 16.5. The van der Waals surface area contributed by atoms with Crippen molar-refractivity contribution in [3.8, 4) is 11.1 Å². The summed E-state index contributed by atoms with van der Waals surface area (Å²) < 4.78 is 14.6. The Balaban J connectivity index is 1.42. The highest BCUT2D eigenvalue weighted by atomic mass is 31.2. The minimum absolute atomic E-state index is 0.101. The van der Waals surface area contributed by atoms with Crippen molar-refractivity contribution >= 4 is 58.3 Å². The maximum atomic E-state index is 14.6. The Morgan fingerprint density at radius 2 is 0.943 bits per heavy atom. The Hall–Kier alpha value is -3.54. The fraction of sp³-hybridized carbons (Fsp3) is 0.333. The fourth-order valence-corrected chi connectivity index (χ4v) is 13.3. The van der Waals surface area contributed by atoms with Gasteiger partial charge >= 0.3 is 0 Å². The largest absolute Gasteiger partial charge is 0.344 e. The van der Waals surface area contributed by atoms with Gasteiger partial charge in [-0.15, -0.1) is 0 Å². The fourth-order valence-electron chi connectivity index (χ4n) is 8.14. The van der Waals surface area contributed by atoms with Gasteiger partial charge in [0.15, 0.2) is 0 Å². The third-order valence-electron chi connectivity index (χ3n) is 11.2. The number of fused-ring (bicyclic) bond motifs is 7. The lowest BCUT2D eigenvalue weighted by Gasteiger charge is -2.24. The van der Waals surface area contributed by atoms with Crippen molar-refractivity contribution in [2.45, 2.75) is 102 Å². The summed E-state index contributed by atoms with van der Waals surface area (Å²) in [5, 5.41) is 7.23. The highest BCUT2D eigenvalue weighted by Crippen LogP contribution is 2.55. The van der Waals surface area contributed by atoms with Crippen LogP contribution in [0.1, 0.15) is 113 Å². The molecule has 0 fully saturated rings. The van der Waals surface area contributed by atoms with Crippen molar-refractivity contribution in [1.29, 1.82) is 0 Å². The molecule has 6 aromatic rings. The first-order valence-corrected chi connectivity index (χ1v) is 23.5. The van der Waals surface area contributed by atoms with Gasteiger partial charge in [0, 0.05) is 0 Å². The summed E-state index contributed by atoms with van der Waals surface area (Å²) in [4.78, 5) is 12.0. The van der Waals surface area contributed by atoms with Gasteiger partial charge in [-0.2, -0.15) is 0 Å². The SMILES string of the molecule is CCC([Si]c1cc2ccccc2c2c1CP(=O)(O)Cc1c([Si]C(CC)c3ccc(C(C)(C)C)cc3)cc3ccccc3c1-2)c1ccc(C(C)(C)C)cc1. The molecular weight excluding hydrogens is 696 g/mol. The summed E-state index contributed by atoms with van der Waals surface area (Å²) in [6.07, 6.45) is 2.41. The van der Waals surface area contributed by atoms with E-state index in [1.807, 2.05) is 0 Å². The normalized spacial score (nSPS) is 17.3. The monoisotopic (exact) mass is 748 g/mol. The lowest BCUT2D eigenvalue weighted by Crippen LogP contribution is -2.27. The molecule has 53 heavy (non-hydrogen) atoms. The van der Waals surface area contributed by atoms with Gasteiger partial charge in [-0.25, -0.2) is 0 Å². The van der Waals surface area contributed by atoms with Crippen molar-refractivity contribution in [2.75, 3.05) is 0 Å². The molecule has 1 N–H and O–H groups in total. The maximum absolute atomic E-state index is 14.6. The Bertz CT molecular complexity index is 2170. The molecule has 1 heterocycles. The molecule has 0 bridgehead atoms. The van der Waals surface area contributed by atoms with Crippen LogP contribution in [-0.2, 0) is 27.7 Å². The van der Waals surface area contributed by atoms with Crippen molar-refractivity contribution in [3.63, 3.8) is 0 Å². The van der Waals surface area contributed by atoms with Crippen LogP contribution in [0.5, 0.6) is 0 Å². The zero-order valence-corrected chi connectivity index (χ0v) is 35.6. The van der Waals surface area contributed by atoms with Gasteiger partial charge in [0.05, 0.1) is 31.4 Å². The highest BCUT2D eigenvalue weighted by molar-refractivity contribution is 7.56. The second-order valence-corrected chi connectivity index (χ2v) is 22.5. The van der Waals surface area contributed by atoms with Gasteiger partial charge in [-0.1, -0.05) is 188 Å². The lowest BCUT2D eigenvalue weighted by atomic mass is 9.86. The van der Waals surface area contributed by atoms with Crippen LogP contribution >= 0.6 is 7.37 Å². The molecule has 0 aliphatic carbocycles. The minimum Gasteiger partial charge on any atom is -0.344 e. The first kappa shape index (κ1) is 37.8. The van der Waals surface area contributed by atoms with Gasteiger partial charge in [0.1, 0.15) is 0 Å². The smallest absolute Gasteiger partial charge is 0.209 e. The van der Waals surface area contributed by atoms with Gasteiger partial charge in [0.25, 0.3) is 0 Å². The van der Waals surface area contributed by atoms with Crippen LogP contribution in [0.3, 0.4) is 0 Å². The van der Waals surface area contributed by atoms with Crippen LogP contribution in [0.4, 0.5) is 0 Å². The Labute approximate surface area is 322 Å². The zero-order chi connectivity index (χ0) is 37.7. The van der Waals surface area contributed by atoms with Crippen LogP contribution in [0.2, 0.25) is 0 Å². The second kappa shape index (κ2) is 14.6. The standard InChI is InChI=1S/C48H53O2PSi2/c1-9-41(31-19-23-35(24-20-31)47(3,4)5)52-43-27-33-15-11-13-17-37(33)45-39(43)29-51(49,50)30-40-44(28-34-16-12-14-18-38(34)46(40)45)53-42(10-2)32-21-25-36(26-22-32)48(6,7)8/h11-28,41-42H,9-10,29-30H2,1-8H3,(H,49,50). The van der Waals surface area contributed by atoms with E-state index < -0.39 is 7.37 Å². The summed E-state index contributed by atoms with van der Waals surface area (Å²) >= 11 is 0. The van der Waals surface area contributed by atoms with Crippen molar-refractivity contribution < 1.29 is 9.46 Å². The first-order valence-electron chi connectivity index (χ1n) is 19.3. The van der Waals surface area contributed by atoms with Gasteiger partial charge < -0.3 is 4.89 Å². The molecule has 2 atom stereocenters.